The second-order valence-electron chi connectivity index (χ2n) is 7.71. The van der Waals surface area contributed by atoms with Crippen LogP contribution in [0.25, 0.3) is 11.1 Å². The summed E-state index contributed by atoms with van der Waals surface area (Å²) < 4.78 is 5.55. The number of primary amides is 1. The van der Waals surface area contributed by atoms with Crippen molar-refractivity contribution >= 4 is 11.7 Å². The molecule has 1 fully saturated rings. The summed E-state index contributed by atoms with van der Waals surface area (Å²) in [7, 11) is 0. The third-order valence-corrected chi connectivity index (χ3v) is 5.52. The summed E-state index contributed by atoms with van der Waals surface area (Å²) in [6, 6.07) is 21.5. The fourth-order valence-corrected chi connectivity index (χ4v) is 3.87. The van der Waals surface area contributed by atoms with Crippen molar-refractivity contribution in [2.24, 2.45) is 5.73 Å². The molecule has 0 bridgehead atoms. The molecular formula is C25H25N5O2. The zero-order valence-electron chi connectivity index (χ0n) is 17.8. The number of hydrogen-bond donors (Lipinski definition) is 1. The van der Waals surface area contributed by atoms with Gasteiger partial charge in [0.1, 0.15) is 11.6 Å². The van der Waals surface area contributed by atoms with Crippen LogP contribution in [0.3, 0.4) is 0 Å². The number of ether oxygens (including phenoxy) is 1. The highest BCUT2D eigenvalue weighted by Crippen LogP contribution is 2.29. The Hall–Kier alpha value is -3.89. The summed E-state index contributed by atoms with van der Waals surface area (Å²) >= 11 is 0. The number of pyridine rings is 1. The van der Waals surface area contributed by atoms with E-state index in [0.717, 1.165) is 55.2 Å². The Bertz CT molecular complexity index is 1100. The molecule has 4 rings (SSSR count). The number of piperazine rings is 1. The van der Waals surface area contributed by atoms with Crippen LogP contribution in [-0.2, 0) is 11.3 Å². The zero-order chi connectivity index (χ0) is 22.3. The maximum Gasteiger partial charge on any atom is 0.255 e. The number of hydrogen-bond acceptors (Lipinski definition) is 6. The van der Waals surface area contributed by atoms with Crippen molar-refractivity contribution in [2.45, 2.75) is 6.54 Å². The molecule has 0 radical (unpaired) electrons. The van der Waals surface area contributed by atoms with Gasteiger partial charge < -0.3 is 15.4 Å². The van der Waals surface area contributed by atoms with Crippen LogP contribution in [0.5, 0.6) is 5.75 Å². The zero-order valence-corrected chi connectivity index (χ0v) is 17.8. The Morgan fingerprint density at radius 2 is 1.84 bits per heavy atom. The second kappa shape index (κ2) is 9.94. The van der Waals surface area contributed by atoms with Crippen molar-refractivity contribution in [2.75, 3.05) is 37.7 Å². The standard InChI is InChI=1S/C25H25N5O2/c26-16-19-4-6-20(7-5-19)23-9-8-22(32-18-24(27)31)15-21(23)17-29-11-13-30(14-12-29)25-3-1-2-10-28-25/h1-10,15H,11-14,17-18H2,(H2,27,31). The van der Waals surface area contributed by atoms with Gasteiger partial charge in [0.25, 0.3) is 5.91 Å². The molecule has 1 aliphatic heterocycles. The average Bonchev–Trinajstić information content (AvgIpc) is 2.84. The number of anilines is 1. The van der Waals surface area contributed by atoms with Gasteiger partial charge in [-0.2, -0.15) is 5.26 Å². The molecule has 32 heavy (non-hydrogen) atoms. The van der Waals surface area contributed by atoms with E-state index in [2.05, 4.69) is 20.9 Å². The molecule has 2 aromatic carbocycles. The maximum atomic E-state index is 11.1. The Labute approximate surface area is 187 Å². The number of carbonyl (C=O) groups is 1. The summed E-state index contributed by atoms with van der Waals surface area (Å²) in [6.07, 6.45) is 1.82. The van der Waals surface area contributed by atoms with Gasteiger partial charge >= 0.3 is 0 Å². The molecular weight excluding hydrogens is 402 g/mol. The minimum atomic E-state index is -0.506. The van der Waals surface area contributed by atoms with E-state index < -0.39 is 5.91 Å². The Balaban J connectivity index is 1.53. The average molecular weight is 428 g/mol. The minimum Gasteiger partial charge on any atom is -0.484 e. The van der Waals surface area contributed by atoms with E-state index in [0.29, 0.717) is 11.3 Å². The van der Waals surface area contributed by atoms with E-state index in [1.807, 2.05) is 66.9 Å². The number of carbonyl (C=O) groups excluding carboxylic acids is 1. The van der Waals surface area contributed by atoms with Crippen molar-refractivity contribution < 1.29 is 9.53 Å². The number of nitrogens with two attached hydrogens (primary N) is 1. The normalized spacial score (nSPS) is 14.0. The number of nitrogens with zero attached hydrogens (tertiary/aromatic N) is 4. The highest BCUT2D eigenvalue weighted by Gasteiger charge is 2.19. The second-order valence-corrected chi connectivity index (χ2v) is 7.71. The Kier molecular flexibility index (Phi) is 6.63. The summed E-state index contributed by atoms with van der Waals surface area (Å²) in [5, 5.41) is 9.09. The molecule has 162 valence electrons. The van der Waals surface area contributed by atoms with Crippen molar-refractivity contribution in [3.8, 4) is 22.9 Å². The lowest BCUT2D eigenvalue weighted by atomic mass is 9.98. The fraction of sp³-hybridized carbons (Fsp3) is 0.240. The summed E-state index contributed by atoms with van der Waals surface area (Å²) in [4.78, 5) is 20.3. The number of aromatic nitrogens is 1. The molecule has 0 atom stereocenters. The van der Waals surface area contributed by atoms with Crippen LogP contribution >= 0.6 is 0 Å². The molecule has 0 unspecified atom stereocenters. The van der Waals surface area contributed by atoms with E-state index in [9.17, 15) is 4.79 Å². The molecule has 0 saturated carbocycles. The Morgan fingerprint density at radius 1 is 1.06 bits per heavy atom. The third kappa shape index (κ3) is 5.23. The van der Waals surface area contributed by atoms with Crippen LogP contribution in [0.4, 0.5) is 5.82 Å². The van der Waals surface area contributed by atoms with E-state index in [1.54, 1.807) is 0 Å². The first-order valence-electron chi connectivity index (χ1n) is 10.6. The third-order valence-electron chi connectivity index (χ3n) is 5.52. The quantitative estimate of drug-likeness (QED) is 0.623. The van der Waals surface area contributed by atoms with Gasteiger partial charge in [0.15, 0.2) is 6.61 Å². The molecule has 7 nitrogen and oxygen atoms in total. The van der Waals surface area contributed by atoms with Crippen LogP contribution < -0.4 is 15.4 Å². The van der Waals surface area contributed by atoms with Crippen LogP contribution in [0, 0.1) is 11.3 Å². The van der Waals surface area contributed by atoms with Gasteiger partial charge in [-0.15, -0.1) is 0 Å². The van der Waals surface area contributed by atoms with Crippen LogP contribution in [0.15, 0.2) is 66.9 Å². The van der Waals surface area contributed by atoms with Crippen LogP contribution in [-0.4, -0.2) is 48.6 Å². The molecule has 3 aromatic rings. The summed E-state index contributed by atoms with van der Waals surface area (Å²) in [5.41, 5.74) is 9.07. The molecule has 0 spiro atoms. The number of nitriles is 1. The van der Waals surface area contributed by atoms with E-state index in [1.165, 1.54) is 0 Å². The van der Waals surface area contributed by atoms with Gasteiger partial charge in [-0.3, -0.25) is 9.69 Å². The molecule has 7 heteroatoms. The molecule has 2 N–H and O–H groups in total. The Morgan fingerprint density at radius 3 is 2.50 bits per heavy atom. The molecule has 1 amide bonds. The first-order chi connectivity index (χ1) is 15.6. The molecule has 0 aliphatic carbocycles. The molecule has 1 aromatic heterocycles. The predicted octanol–water partition coefficient (Wildman–Crippen LogP) is 2.81. The predicted molar refractivity (Wildman–Crippen MR) is 123 cm³/mol. The van der Waals surface area contributed by atoms with E-state index in [-0.39, 0.29) is 6.61 Å². The van der Waals surface area contributed by atoms with Crippen LogP contribution in [0.2, 0.25) is 0 Å². The maximum absolute atomic E-state index is 11.1. The van der Waals surface area contributed by atoms with Gasteiger partial charge in [0.2, 0.25) is 0 Å². The first-order valence-corrected chi connectivity index (χ1v) is 10.6. The molecule has 2 heterocycles. The lowest BCUT2D eigenvalue weighted by molar-refractivity contribution is -0.119. The largest absolute Gasteiger partial charge is 0.484 e. The minimum absolute atomic E-state index is 0.154. The molecule has 1 aliphatic rings. The van der Waals surface area contributed by atoms with Gasteiger partial charge in [-0.05, 0) is 53.1 Å². The summed E-state index contributed by atoms with van der Waals surface area (Å²) in [6.45, 7) is 4.23. The first kappa shape index (κ1) is 21.3. The van der Waals surface area contributed by atoms with Gasteiger partial charge in [-0.1, -0.05) is 24.3 Å². The number of rotatable bonds is 7. The van der Waals surface area contributed by atoms with Crippen molar-refractivity contribution in [1.82, 2.24) is 9.88 Å². The highest BCUT2D eigenvalue weighted by molar-refractivity contribution is 5.75. The smallest absolute Gasteiger partial charge is 0.255 e. The van der Waals surface area contributed by atoms with Crippen molar-refractivity contribution in [3.63, 3.8) is 0 Å². The number of amides is 1. The van der Waals surface area contributed by atoms with E-state index in [4.69, 9.17) is 15.7 Å². The van der Waals surface area contributed by atoms with Gasteiger partial charge in [0.05, 0.1) is 11.6 Å². The van der Waals surface area contributed by atoms with Crippen LogP contribution in [0.1, 0.15) is 11.1 Å². The lowest BCUT2D eigenvalue weighted by Crippen LogP contribution is -2.46. The fourth-order valence-electron chi connectivity index (χ4n) is 3.87. The number of benzene rings is 2. The monoisotopic (exact) mass is 427 g/mol. The SMILES string of the molecule is N#Cc1ccc(-c2ccc(OCC(N)=O)cc2CN2CCN(c3ccccn3)CC2)cc1. The van der Waals surface area contributed by atoms with Crippen molar-refractivity contribution in [1.29, 1.82) is 5.26 Å². The van der Waals surface area contributed by atoms with E-state index >= 15 is 0 Å². The van der Waals surface area contributed by atoms with Gasteiger partial charge in [0, 0.05) is 38.9 Å². The van der Waals surface area contributed by atoms with Gasteiger partial charge in [-0.25, -0.2) is 4.98 Å². The molecule has 1 saturated heterocycles. The summed E-state index contributed by atoms with van der Waals surface area (Å²) in [5.74, 6) is 1.11. The van der Waals surface area contributed by atoms with Crippen molar-refractivity contribution in [3.05, 3.63) is 78.0 Å². The lowest BCUT2D eigenvalue weighted by Gasteiger charge is -2.35. The topological polar surface area (TPSA) is 95.5 Å². The highest BCUT2D eigenvalue weighted by atomic mass is 16.5.